The lowest BCUT2D eigenvalue weighted by atomic mass is 9.98. The molecule has 0 saturated carbocycles. The third kappa shape index (κ3) is 4.51. The molecule has 1 heterocycles. The Labute approximate surface area is 128 Å². The molecule has 2 nitrogen and oxygen atoms in total. The number of benzene rings is 1. The molecule has 21 heavy (non-hydrogen) atoms. The van der Waals surface area contributed by atoms with Crippen molar-refractivity contribution in [1.82, 2.24) is 5.32 Å². The van der Waals surface area contributed by atoms with Gasteiger partial charge in [-0.15, -0.1) is 0 Å². The zero-order chi connectivity index (χ0) is 15.5. The van der Waals surface area contributed by atoms with E-state index in [4.69, 9.17) is 11.6 Å². The maximum Gasteiger partial charge on any atom is 0.418 e. The van der Waals surface area contributed by atoms with Gasteiger partial charge in [0.25, 0.3) is 0 Å². The lowest BCUT2D eigenvalue weighted by Crippen LogP contribution is -2.37. The topological polar surface area (TPSA) is 24.1 Å². The Morgan fingerprint density at radius 2 is 2.14 bits per heavy atom. The number of para-hydroxylation sites is 1. The number of hydrogen-bond acceptors (Lipinski definition) is 2. The van der Waals surface area contributed by atoms with Crippen molar-refractivity contribution in [2.75, 3.05) is 11.9 Å². The van der Waals surface area contributed by atoms with Crippen molar-refractivity contribution < 1.29 is 13.2 Å². The van der Waals surface area contributed by atoms with Gasteiger partial charge in [0.2, 0.25) is 0 Å². The van der Waals surface area contributed by atoms with Gasteiger partial charge in [-0.3, -0.25) is 0 Å². The molecule has 2 unspecified atom stereocenters. The molecule has 1 saturated heterocycles. The first-order valence-electron chi connectivity index (χ1n) is 7.23. The molecule has 2 atom stereocenters. The van der Waals surface area contributed by atoms with E-state index in [0.29, 0.717) is 6.04 Å². The molecular formula is C15H20ClF3N2. The molecule has 1 fully saturated rings. The van der Waals surface area contributed by atoms with Gasteiger partial charge in [0.05, 0.1) is 16.3 Å². The highest BCUT2D eigenvalue weighted by atomic mass is 35.5. The van der Waals surface area contributed by atoms with Crippen LogP contribution in [0.25, 0.3) is 0 Å². The van der Waals surface area contributed by atoms with Gasteiger partial charge in [0.1, 0.15) is 0 Å². The Bertz CT molecular complexity index is 470. The summed E-state index contributed by atoms with van der Waals surface area (Å²) in [5, 5.41) is 6.45. The lowest BCUT2D eigenvalue weighted by Gasteiger charge is -2.28. The minimum absolute atomic E-state index is 0.0185. The second-order valence-electron chi connectivity index (χ2n) is 5.59. The molecule has 0 bridgehead atoms. The monoisotopic (exact) mass is 320 g/mol. The highest BCUT2D eigenvalue weighted by Gasteiger charge is 2.34. The van der Waals surface area contributed by atoms with Crippen LogP contribution in [-0.4, -0.2) is 18.6 Å². The Morgan fingerprint density at radius 1 is 1.38 bits per heavy atom. The van der Waals surface area contributed by atoms with Gasteiger partial charge in [0.15, 0.2) is 0 Å². The van der Waals surface area contributed by atoms with Crippen molar-refractivity contribution in [3.63, 3.8) is 0 Å². The Balaban J connectivity index is 2.07. The van der Waals surface area contributed by atoms with Gasteiger partial charge in [0, 0.05) is 12.1 Å². The first-order chi connectivity index (χ1) is 9.88. The molecular weight excluding hydrogens is 301 g/mol. The SMILES string of the molecule is CC(CC1CCCCN1)Nc1c(Cl)cccc1C(F)(F)F. The van der Waals surface area contributed by atoms with Crippen LogP contribution >= 0.6 is 11.6 Å². The smallest absolute Gasteiger partial charge is 0.381 e. The van der Waals surface area contributed by atoms with E-state index < -0.39 is 11.7 Å². The van der Waals surface area contributed by atoms with Crippen molar-refractivity contribution in [3.05, 3.63) is 28.8 Å². The number of alkyl halides is 3. The minimum atomic E-state index is -4.41. The maximum atomic E-state index is 13.0. The van der Waals surface area contributed by atoms with E-state index in [1.54, 1.807) is 0 Å². The van der Waals surface area contributed by atoms with Crippen LogP contribution in [-0.2, 0) is 6.18 Å². The van der Waals surface area contributed by atoms with Crippen molar-refractivity contribution >= 4 is 17.3 Å². The summed E-state index contributed by atoms with van der Waals surface area (Å²) in [7, 11) is 0. The van der Waals surface area contributed by atoms with E-state index in [-0.39, 0.29) is 16.8 Å². The van der Waals surface area contributed by atoms with Crippen LogP contribution in [0.1, 0.15) is 38.2 Å². The number of hydrogen-bond donors (Lipinski definition) is 2. The summed E-state index contributed by atoms with van der Waals surface area (Å²) in [6.45, 7) is 2.87. The zero-order valence-corrected chi connectivity index (χ0v) is 12.7. The highest BCUT2D eigenvalue weighted by molar-refractivity contribution is 6.33. The minimum Gasteiger partial charge on any atom is -0.381 e. The number of anilines is 1. The van der Waals surface area contributed by atoms with E-state index in [9.17, 15) is 13.2 Å². The second-order valence-corrected chi connectivity index (χ2v) is 6.00. The second kappa shape index (κ2) is 6.88. The number of piperidine rings is 1. The summed E-state index contributed by atoms with van der Waals surface area (Å²) in [6.07, 6.45) is -0.218. The molecule has 2 N–H and O–H groups in total. The van der Waals surface area contributed by atoms with Crippen molar-refractivity contribution in [2.45, 2.75) is 50.9 Å². The third-order valence-electron chi connectivity index (χ3n) is 3.76. The van der Waals surface area contributed by atoms with Crippen LogP contribution in [0.15, 0.2) is 18.2 Å². The molecule has 1 aliphatic heterocycles. The average molecular weight is 321 g/mol. The van der Waals surface area contributed by atoms with Crippen LogP contribution in [0.3, 0.4) is 0 Å². The van der Waals surface area contributed by atoms with Gasteiger partial charge < -0.3 is 10.6 Å². The summed E-state index contributed by atoms with van der Waals surface area (Å²) in [5.41, 5.74) is -0.728. The first kappa shape index (κ1) is 16.4. The van der Waals surface area contributed by atoms with Crippen LogP contribution < -0.4 is 10.6 Å². The molecule has 6 heteroatoms. The van der Waals surface area contributed by atoms with Gasteiger partial charge in [-0.05, 0) is 44.9 Å². The number of nitrogens with one attached hydrogen (secondary N) is 2. The van der Waals surface area contributed by atoms with E-state index in [1.165, 1.54) is 25.0 Å². The van der Waals surface area contributed by atoms with Gasteiger partial charge in [-0.2, -0.15) is 13.2 Å². The number of rotatable bonds is 4. The molecule has 0 radical (unpaired) electrons. The van der Waals surface area contributed by atoms with Gasteiger partial charge >= 0.3 is 6.18 Å². The van der Waals surface area contributed by atoms with Crippen molar-refractivity contribution in [2.24, 2.45) is 0 Å². The average Bonchev–Trinajstić information content (AvgIpc) is 2.41. The Morgan fingerprint density at radius 3 is 2.76 bits per heavy atom. The predicted molar refractivity (Wildman–Crippen MR) is 79.8 cm³/mol. The predicted octanol–water partition coefficient (Wildman–Crippen LogP) is 4.69. The highest BCUT2D eigenvalue weighted by Crippen LogP contribution is 2.39. The molecule has 1 aromatic carbocycles. The first-order valence-corrected chi connectivity index (χ1v) is 7.61. The summed E-state index contributed by atoms with van der Waals surface area (Å²) < 4.78 is 39.1. The standard InChI is InChI=1S/C15H20ClF3N2/c1-10(9-11-5-2-3-8-20-11)21-14-12(15(17,18)19)6-4-7-13(14)16/h4,6-7,10-11,20-21H,2-3,5,8-9H2,1H3. The number of halogens is 4. The lowest BCUT2D eigenvalue weighted by molar-refractivity contribution is -0.137. The van der Waals surface area contributed by atoms with Crippen LogP contribution in [0, 0.1) is 0 Å². The summed E-state index contributed by atoms with van der Waals surface area (Å²) in [5.74, 6) is 0. The Hall–Kier alpha value is -0.940. The van der Waals surface area contributed by atoms with Crippen molar-refractivity contribution in [3.8, 4) is 0 Å². The normalized spacial score (nSPS) is 21.1. The summed E-state index contributed by atoms with van der Waals surface area (Å²) in [4.78, 5) is 0. The fourth-order valence-corrected chi connectivity index (χ4v) is 2.99. The summed E-state index contributed by atoms with van der Waals surface area (Å²) >= 11 is 5.94. The molecule has 0 aromatic heterocycles. The summed E-state index contributed by atoms with van der Waals surface area (Å²) in [6, 6.07) is 4.13. The van der Waals surface area contributed by atoms with Crippen LogP contribution in [0.5, 0.6) is 0 Å². The largest absolute Gasteiger partial charge is 0.418 e. The van der Waals surface area contributed by atoms with Crippen molar-refractivity contribution in [1.29, 1.82) is 0 Å². The molecule has 1 aromatic rings. The molecule has 0 aliphatic carbocycles. The van der Waals surface area contributed by atoms with E-state index >= 15 is 0 Å². The third-order valence-corrected chi connectivity index (χ3v) is 4.08. The van der Waals surface area contributed by atoms with E-state index in [1.807, 2.05) is 6.92 Å². The zero-order valence-electron chi connectivity index (χ0n) is 11.9. The van der Waals surface area contributed by atoms with Crippen LogP contribution in [0.4, 0.5) is 18.9 Å². The molecule has 1 aliphatic rings. The Kier molecular flexibility index (Phi) is 5.38. The van der Waals surface area contributed by atoms with Gasteiger partial charge in [-0.25, -0.2) is 0 Å². The quantitative estimate of drug-likeness (QED) is 0.841. The molecule has 0 spiro atoms. The molecule has 0 amide bonds. The molecule has 118 valence electrons. The van der Waals surface area contributed by atoms with Crippen LogP contribution in [0.2, 0.25) is 5.02 Å². The maximum absolute atomic E-state index is 13.0. The fraction of sp³-hybridized carbons (Fsp3) is 0.600. The van der Waals surface area contributed by atoms with E-state index in [2.05, 4.69) is 10.6 Å². The fourth-order valence-electron chi connectivity index (χ4n) is 2.76. The molecule has 2 rings (SSSR count). The van der Waals surface area contributed by atoms with E-state index in [0.717, 1.165) is 25.5 Å². The van der Waals surface area contributed by atoms with Gasteiger partial charge in [-0.1, -0.05) is 24.1 Å².